The van der Waals surface area contributed by atoms with Gasteiger partial charge in [0.15, 0.2) is 6.61 Å². The Morgan fingerprint density at radius 3 is 2.51 bits per heavy atom. The Morgan fingerprint density at radius 2 is 1.81 bits per heavy atom. The van der Waals surface area contributed by atoms with Crippen molar-refractivity contribution in [1.82, 2.24) is 0 Å². The number of esters is 1. The second-order valence-corrected chi connectivity index (χ2v) is 9.74. The summed E-state index contributed by atoms with van der Waals surface area (Å²) in [6.45, 7) is 5.97. The van der Waals surface area contributed by atoms with Gasteiger partial charge < -0.3 is 19.7 Å². The standard InChI is InChI=1S/C29H29ClN2O5/c1-18(2)23-13-8-19(3)14-26(23)37-22-11-9-21(10-12-22)32-16-20(15-28(32)34)29(35)36-17-27(33)31-25-7-5-4-6-24(25)30/h4-14,18,20H,15-17H2,1-3H3,(H,31,33)/t20-/m0/s1. The van der Waals surface area contributed by atoms with E-state index in [1.807, 2.05) is 13.0 Å². The van der Waals surface area contributed by atoms with Gasteiger partial charge in [-0.2, -0.15) is 0 Å². The summed E-state index contributed by atoms with van der Waals surface area (Å²) in [7, 11) is 0. The van der Waals surface area contributed by atoms with Crippen LogP contribution in [0.25, 0.3) is 0 Å². The van der Waals surface area contributed by atoms with E-state index >= 15 is 0 Å². The monoisotopic (exact) mass is 520 g/mol. The molecule has 0 aliphatic carbocycles. The van der Waals surface area contributed by atoms with Crippen molar-refractivity contribution < 1.29 is 23.9 Å². The van der Waals surface area contributed by atoms with Crippen molar-refractivity contribution >= 4 is 40.8 Å². The molecule has 1 saturated heterocycles. The van der Waals surface area contributed by atoms with Crippen molar-refractivity contribution in [2.45, 2.75) is 33.1 Å². The first-order chi connectivity index (χ1) is 17.7. The molecule has 0 saturated carbocycles. The molecule has 0 unspecified atom stereocenters. The summed E-state index contributed by atoms with van der Waals surface area (Å²) in [6, 6.07) is 20.1. The molecule has 3 aromatic carbocycles. The van der Waals surface area contributed by atoms with Crippen molar-refractivity contribution in [3.8, 4) is 11.5 Å². The molecule has 1 aliphatic heterocycles. The number of anilines is 2. The van der Waals surface area contributed by atoms with Gasteiger partial charge >= 0.3 is 5.97 Å². The Kier molecular flexibility index (Phi) is 8.14. The summed E-state index contributed by atoms with van der Waals surface area (Å²) in [5.74, 6) is -0.159. The summed E-state index contributed by atoms with van der Waals surface area (Å²) in [4.78, 5) is 38.9. The summed E-state index contributed by atoms with van der Waals surface area (Å²) in [5.41, 5.74) is 3.32. The lowest BCUT2D eigenvalue weighted by Crippen LogP contribution is -2.28. The highest BCUT2D eigenvalue weighted by atomic mass is 35.5. The molecule has 37 heavy (non-hydrogen) atoms. The van der Waals surface area contributed by atoms with E-state index in [0.29, 0.717) is 28.1 Å². The van der Waals surface area contributed by atoms with Gasteiger partial charge in [-0.15, -0.1) is 0 Å². The van der Waals surface area contributed by atoms with E-state index in [9.17, 15) is 14.4 Å². The number of benzene rings is 3. The first kappa shape index (κ1) is 26.2. The quantitative estimate of drug-likeness (QED) is 0.363. The van der Waals surface area contributed by atoms with Crippen LogP contribution in [0.1, 0.15) is 37.3 Å². The Labute approximate surface area is 221 Å². The third kappa shape index (κ3) is 6.49. The smallest absolute Gasteiger partial charge is 0.311 e. The predicted molar refractivity (Wildman–Crippen MR) is 143 cm³/mol. The minimum absolute atomic E-state index is 0.0181. The second-order valence-electron chi connectivity index (χ2n) is 9.33. The van der Waals surface area contributed by atoms with E-state index in [1.165, 1.54) is 0 Å². The van der Waals surface area contributed by atoms with Crippen LogP contribution < -0.4 is 15.0 Å². The van der Waals surface area contributed by atoms with Crippen molar-refractivity contribution in [2.24, 2.45) is 5.92 Å². The van der Waals surface area contributed by atoms with E-state index in [1.54, 1.807) is 53.4 Å². The Bertz CT molecular complexity index is 1310. The molecule has 8 heteroatoms. The number of halogens is 1. The lowest BCUT2D eigenvalue weighted by Gasteiger charge is -2.18. The molecule has 4 rings (SSSR count). The molecule has 2 amide bonds. The third-order valence-corrected chi connectivity index (χ3v) is 6.45. The molecule has 1 N–H and O–H groups in total. The van der Waals surface area contributed by atoms with Gasteiger partial charge in [0.2, 0.25) is 5.91 Å². The van der Waals surface area contributed by atoms with E-state index in [0.717, 1.165) is 16.9 Å². The number of nitrogens with zero attached hydrogens (tertiary/aromatic N) is 1. The highest BCUT2D eigenvalue weighted by Gasteiger charge is 2.36. The van der Waals surface area contributed by atoms with Gasteiger partial charge in [-0.05, 0) is 66.4 Å². The first-order valence-electron chi connectivity index (χ1n) is 12.1. The van der Waals surface area contributed by atoms with E-state index in [4.69, 9.17) is 21.1 Å². The fourth-order valence-corrected chi connectivity index (χ4v) is 4.33. The maximum Gasteiger partial charge on any atom is 0.311 e. The maximum absolute atomic E-state index is 12.6. The lowest BCUT2D eigenvalue weighted by atomic mass is 10.0. The fraction of sp³-hybridized carbons (Fsp3) is 0.276. The van der Waals surface area contributed by atoms with Crippen molar-refractivity contribution in [2.75, 3.05) is 23.4 Å². The average Bonchev–Trinajstić information content (AvgIpc) is 3.26. The molecule has 0 radical (unpaired) electrons. The molecular weight excluding hydrogens is 492 g/mol. The molecule has 1 heterocycles. The minimum atomic E-state index is -0.655. The first-order valence-corrected chi connectivity index (χ1v) is 12.5. The molecule has 192 valence electrons. The molecule has 0 aromatic heterocycles. The highest BCUT2D eigenvalue weighted by Crippen LogP contribution is 2.33. The van der Waals surface area contributed by atoms with Crippen molar-refractivity contribution in [3.05, 3.63) is 82.9 Å². The van der Waals surface area contributed by atoms with Crippen LogP contribution in [0.2, 0.25) is 5.02 Å². The van der Waals surface area contributed by atoms with Gasteiger partial charge in [0, 0.05) is 18.7 Å². The average molecular weight is 521 g/mol. The van der Waals surface area contributed by atoms with Gasteiger partial charge in [-0.1, -0.05) is 49.7 Å². The van der Waals surface area contributed by atoms with Gasteiger partial charge in [0.05, 0.1) is 16.6 Å². The van der Waals surface area contributed by atoms with Gasteiger partial charge in [-0.3, -0.25) is 14.4 Å². The number of hydrogen-bond donors (Lipinski definition) is 1. The van der Waals surface area contributed by atoms with Crippen LogP contribution in [0, 0.1) is 12.8 Å². The summed E-state index contributed by atoms with van der Waals surface area (Å²) >= 11 is 6.03. The number of ether oxygens (including phenoxy) is 2. The van der Waals surface area contributed by atoms with Crippen LogP contribution in [0.15, 0.2) is 66.7 Å². The number of amides is 2. The zero-order chi connectivity index (χ0) is 26.5. The lowest BCUT2D eigenvalue weighted by molar-refractivity contribution is -0.151. The highest BCUT2D eigenvalue weighted by molar-refractivity contribution is 6.33. The Morgan fingerprint density at radius 1 is 1.08 bits per heavy atom. The maximum atomic E-state index is 12.6. The third-order valence-electron chi connectivity index (χ3n) is 6.12. The second kappa shape index (κ2) is 11.5. The Balaban J connectivity index is 1.33. The van der Waals surface area contributed by atoms with Crippen LogP contribution in [0.3, 0.4) is 0 Å². The Hall–Kier alpha value is -3.84. The van der Waals surface area contributed by atoms with Gasteiger partial charge in [0.25, 0.3) is 5.91 Å². The number of nitrogens with one attached hydrogen (secondary N) is 1. The van der Waals surface area contributed by atoms with Crippen LogP contribution in [0.4, 0.5) is 11.4 Å². The minimum Gasteiger partial charge on any atom is -0.457 e. The molecule has 1 fully saturated rings. The van der Waals surface area contributed by atoms with E-state index < -0.39 is 24.4 Å². The molecular formula is C29H29ClN2O5. The molecule has 3 aromatic rings. The summed E-state index contributed by atoms with van der Waals surface area (Å²) < 4.78 is 11.3. The largest absolute Gasteiger partial charge is 0.457 e. The number of rotatable bonds is 8. The topological polar surface area (TPSA) is 84.9 Å². The zero-order valence-electron chi connectivity index (χ0n) is 21.0. The van der Waals surface area contributed by atoms with Crippen molar-refractivity contribution in [3.63, 3.8) is 0 Å². The molecule has 0 spiro atoms. The van der Waals surface area contributed by atoms with Crippen LogP contribution in [-0.4, -0.2) is 30.9 Å². The molecule has 0 bridgehead atoms. The van der Waals surface area contributed by atoms with Crippen LogP contribution in [0.5, 0.6) is 11.5 Å². The summed E-state index contributed by atoms with van der Waals surface area (Å²) in [6.07, 6.45) is 0.0181. The molecule has 1 atom stereocenters. The van der Waals surface area contributed by atoms with Crippen molar-refractivity contribution in [1.29, 1.82) is 0 Å². The normalized spacial score (nSPS) is 15.1. The molecule has 7 nitrogen and oxygen atoms in total. The number of carbonyl (C=O) groups excluding carboxylic acids is 3. The number of para-hydroxylation sites is 1. The van der Waals surface area contributed by atoms with E-state index in [2.05, 4.69) is 31.3 Å². The van der Waals surface area contributed by atoms with Gasteiger partial charge in [-0.25, -0.2) is 0 Å². The number of carbonyl (C=O) groups is 3. The molecule has 1 aliphatic rings. The SMILES string of the molecule is Cc1ccc(C(C)C)c(Oc2ccc(N3C[C@@H](C(=O)OCC(=O)Nc4ccccc4Cl)CC3=O)cc2)c1. The van der Waals surface area contributed by atoms with Gasteiger partial charge in [0.1, 0.15) is 11.5 Å². The fourth-order valence-electron chi connectivity index (χ4n) is 4.15. The van der Waals surface area contributed by atoms with Crippen LogP contribution >= 0.6 is 11.6 Å². The number of hydrogen-bond acceptors (Lipinski definition) is 5. The van der Waals surface area contributed by atoms with Crippen LogP contribution in [-0.2, 0) is 19.1 Å². The zero-order valence-corrected chi connectivity index (χ0v) is 21.7. The summed E-state index contributed by atoms with van der Waals surface area (Å²) in [5, 5.41) is 2.98. The number of aryl methyl sites for hydroxylation is 1. The van der Waals surface area contributed by atoms with E-state index in [-0.39, 0.29) is 18.9 Å². The predicted octanol–water partition coefficient (Wildman–Crippen LogP) is 6.10.